The van der Waals surface area contributed by atoms with E-state index < -0.39 is 23.7 Å². The number of aliphatic hydroxyl groups is 1. The lowest BCUT2D eigenvalue weighted by Gasteiger charge is -2.26. The van der Waals surface area contributed by atoms with Gasteiger partial charge in [0.25, 0.3) is 11.7 Å². The number of rotatable bonds is 8. The Morgan fingerprint density at radius 1 is 1.21 bits per heavy atom. The van der Waals surface area contributed by atoms with Crippen LogP contribution in [0.4, 0.5) is 0 Å². The van der Waals surface area contributed by atoms with Crippen LogP contribution in [-0.2, 0) is 14.3 Å². The molecule has 1 amide bonds. The summed E-state index contributed by atoms with van der Waals surface area (Å²) in [5.41, 5.74) is 2.02. The number of hydrogen-bond acceptors (Lipinski definition) is 7. The molecule has 9 nitrogen and oxygen atoms in total. The number of hydrogen-bond donors (Lipinski definition) is 2. The van der Waals surface area contributed by atoms with E-state index in [1.54, 1.807) is 38.1 Å². The summed E-state index contributed by atoms with van der Waals surface area (Å²) in [5, 5.41) is 11.4. The molecule has 1 saturated heterocycles. The van der Waals surface area contributed by atoms with Gasteiger partial charge in [-0.1, -0.05) is 12.1 Å². The van der Waals surface area contributed by atoms with Gasteiger partial charge in [-0.15, -0.1) is 0 Å². The van der Waals surface area contributed by atoms with Gasteiger partial charge in [-0.25, -0.2) is 4.79 Å². The number of carbonyl (C=O) groups excluding carboxylic acids is 3. The van der Waals surface area contributed by atoms with Gasteiger partial charge in [-0.2, -0.15) is 0 Å². The van der Waals surface area contributed by atoms with Crippen LogP contribution in [0.25, 0.3) is 5.76 Å². The summed E-state index contributed by atoms with van der Waals surface area (Å²) in [6.45, 7) is 4.40. The van der Waals surface area contributed by atoms with Crippen molar-refractivity contribution in [1.82, 2.24) is 14.8 Å². The summed E-state index contributed by atoms with van der Waals surface area (Å²) in [7, 11) is 6.67. The van der Waals surface area contributed by atoms with E-state index in [-0.39, 0.29) is 17.0 Å². The number of ether oxygens (including phenoxy) is 2. The molecule has 1 aliphatic rings. The monoisotopic (exact) mass is 469 g/mol. The fourth-order valence-electron chi connectivity index (χ4n) is 4.37. The Kier molecular flexibility index (Phi) is 7.46. The predicted molar refractivity (Wildman–Crippen MR) is 127 cm³/mol. The fraction of sp³-hybridized carbons (Fsp3) is 0.400. The Balaban J connectivity index is 2.19. The highest BCUT2D eigenvalue weighted by molar-refractivity contribution is 6.46. The van der Waals surface area contributed by atoms with E-state index in [0.717, 1.165) is 6.54 Å². The molecular weight excluding hydrogens is 438 g/mol. The smallest absolute Gasteiger partial charge is 0.354 e. The third-order valence-electron chi connectivity index (χ3n) is 6.02. The third kappa shape index (κ3) is 4.56. The molecular formula is C25H31N3O6. The zero-order chi connectivity index (χ0) is 25.2. The zero-order valence-electron chi connectivity index (χ0n) is 20.4. The summed E-state index contributed by atoms with van der Waals surface area (Å²) in [6.07, 6.45) is 0.648. The normalized spacial score (nSPS) is 17.5. The average Bonchev–Trinajstić information content (AvgIpc) is 3.25. The Hall–Kier alpha value is -3.59. The molecule has 0 bridgehead atoms. The Morgan fingerprint density at radius 3 is 2.53 bits per heavy atom. The van der Waals surface area contributed by atoms with Gasteiger partial charge < -0.3 is 29.4 Å². The largest absolute Gasteiger partial charge is 0.507 e. The van der Waals surface area contributed by atoms with Gasteiger partial charge in [0.05, 0.1) is 25.8 Å². The van der Waals surface area contributed by atoms with Crippen LogP contribution < -0.4 is 4.74 Å². The SMILES string of the molecule is COC(=O)c1[nH]c(C)c(/C(O)=C2\C(=O)C(=O)N(CCCN(C)C)[C@H]2c2cccc(OC)c2)c1C. The quantitative estimate of drug-likeness (QED) is 0.265. The molecule has 1 aromatic heterocycles. The first-order chi connectivity index (χ1) is 16.1. The molecule has 1 aromatic carbocycles. The number of aryl methyl sites for hydroxylation is 1. The van der Waals surface area contributed by atoms with E-state index in [9.17, 15) is 19.5 Å². The molecule has 2 aromatic rings. The van der Waals surface area contributed by atoms with E-state index in [2.05, 4.69) is 4.98 Å². The summed E-state index contributed by atoms with van der Waals surface area (Å²) >= 11 is 0. The molecule has 1 atom stereocenters. The Morgan fingerprint density at radius 2 is 1.91 bits per heavy atom. The molecule has 1 fully saturated rings. The van der Waals surface area contributed by atoms with Crippen molar-refractivity contribution in [3.8, 4) is 5.75 Å². The molecule has 34 heavy (non-hydrogen) atoms. The molecule has 0 radical (unpaired) electrons. The van der Waals surface area contributed by atoms with Crippen molar-refractivity contribution in [2.45, 2.75) is 26.3 Å². The molecule has 2 heterocycles. The number of aliphatic hydroxyl groups excluding tert-OH is 1. The third-order valence-corrected chi connectivity index (χ3v) is 6.02. The summed E-state index contributed by atoms with van der Waals surface area (Å²) in [6, 6.07) is 6.29. The molecule has 0 aliphatic carbocycles. The molecule has 1 aliphatic heterocycles. The van der Waals surface area contributed by atoms with Crippen LogP contribution in [-0.4, -0.2) is 79.0 Å². The number of carbonyl (C=O) groups is 3. The van der Waals surface area contributed by atoms with Gasteiger partial charge in [0.1, 0.15) is 17.2 Å². The average molecular weight is 470 g/mol. The van der Waals surface area contributed by atoms with Gasteiger partial charge >= 0.3 is 5.97 Å². The number of likely N-dealkylation sites (tertiary alicyclic amines) is 1. The maximum Gasteiger partial charge on any atom is 0.354 e. The number of nitrogens with zero attached hydrogens (tertiary/aromatic N) is 2. The summed E-state index contributed by atoms with van der Waals surface area (Å²) in [4.78, 5) is 44.9. The molecule has 0 saturated carbocycles. The Labute approximate surface area is 199 Å². The van der Waals surface area contributed by atoms with Crippen LogP contribution in [0.5, 0.6) is 5.75 Å². The number of H-pyrrole nitrogens is 1. The first kappa shape index (κ1) is 25.0. The van der Waals surface area contributed by atoms with Crippen LogP contribution in [0.2, 0.25) is 0 Å². The molecule has 182 valence electrons. The van der Waals surface area contributed by atoms with E-state index >= 15 is 0 Å². The highest BCUT2D eigenvalue weighted by Crippen LogP contribution is 2.41. The first-order valence-electron chi connectivity index (χ1n) is 11.0. The van der Waals surface area contributed by atoms with Gasteiger partial charge in [-0.05, 0) is 64.2 Å². The van der Waals surface area contributed by atoms with Gasteiger partial charge in [0.2, 0.25) is 0 Å². The van der Waals surface area contributed by atoms with E-state index in [0.29, 0.717) is 41.1 Å². The van der Waals surface area contributed by atoms with Crippen LogP contribution >= 0.6 is 0 Å². The van der Waals surface area contributed by atoms with Crippen molar-refractivity contribution in [3.05, 3.63) is 57.9 Å². The number of Topliss-reactive ketones (excluding diaryl/α,β-unsaturated/α-hetero) is 1. The van der Waals surface area contributed by atoms with Crippen molar-refractivity contribution in [1.29, 1.82) is 0 Å². The lowest BCUT2D eigenvalue weighted by molar-refractivity contribution is -0.139. The van der Waals surface area contributed by atoms with Crippen LogP contribution in [0.3, 0.4) is 0 Å². The minimum absolute atomic E-state index is 0.0234. The number of amides is 1. The van der Waals surface area contributed by atoms with Crippen LogP contribution in [0.1, 0.15) is 45.3 Å². The van der Waals surface area contributed by atoms with Crippen LogP contribution in [0, 0.1) is 13.8 Å². The number of esters is 1. The maximum absolute atomic E-state index is 13.2. The number of benzene rings is 1. The van der Waals surface area contributed by atoms with E-state index in [4.69, 9.17) is 9.47 Å². The highest BCUT2D eigenvalue weighted by atomic mass is 16.5. The predicted octanol–water partition coefficient (Wildman–Crippen LogP) is 2.80. The minimum Gasteiger partial charge on any atom is -0.507 e. The summed E-state index contributed by atoms with van der Waals surface area (Å²) < 4.78 is 10.2. The van der Waals surface area contributed by atoms with E-state index in [1.807, 2.05) is 19.0 Å². The molecule has 3 rings (SSSR count). The second kappa shape index (κ2) is 10.1. The Bertz CT molecular complexity index is 1150. The molecule has 0 unspecified atom stereocenters. The fourth-order valence-corrected chi connectivity index (χ4v) is 4.37. The number of aromatic amines is 1. The van der Waals surface area contributed by atoms with E-state index in [1.165, 1.54) is 19.1 Å². The highest BCUT2D eigenvalue weighted by Gasteiger charge is 2.46. The summed E-state index contributed by atoms with van der Waals surface area (Å²) in [5.74, 6) is -1.80. The standard InChI is InChI=1S/C25H31N3O6/c1-14-18(15(2)26-20(14)25(32)34-6)22(29)19-21(16-9-7-10-17(13-16)33-5)28(24(31)23(19)30)12-8-11-27(3)4/h7,9-10,13,21,26,29H,8,11-12H2,1-6H3/b22-19+/t21-/m0/s1. The lowest BCUT2D eigenvalue weighted by atomic mass is 9.94. The zero-order valence-corrected chi connectivity index (χ0v) is 20.4. The van der Waals surface area contributed by atoms with Gasteiger partial charge in [-0.3, -0.25) is 9.59 Å². The number of nitrogens with one attached hydrogen (secondary N) is 1. The van der Waals surface area contributed by atoms with Crippen molar-refractivity contribution >= 4 is 23.4 Å². The second-order valence-electron chi connectivity index (χ2n) is 8.54. The second-order valence-corrected chi connectivity index (χ2v) is 8.54. The van der Waals surface area contributed by atoms with Crippen molar-refractivity contribution in [3.63, 3.8) is 0 Å². The minimum atomic E-state index is -0.799. The number of aromatic nitrogens is 1. The first-order valence-corrected chi connectivity index (χ1v) is 11.0. The lowest BCUT2D eigenvalue weighted by Crippen LogP contribution is -2.32. The van der Waals surface area contributed by atoms with Crippen molar-refractivity contribution in [2.24, 2.45) is 0 Å². The number of ketones is 1. The topological polar surface area (TPSA) is 112 Å². The maximum atomic E-state index is 13.2. The number of methoxy groups -OCH3 is 2. The molecule has 2 N–H and O–H groups in total. The van der Waals surface area contributed by atoms with Crippen LogP contribution in [0.15, 0.2) is 29.8 Å². The van der Waals surface area contributed by atoms with Gasteiger partial charge in [0.15, 0.2) is 0 Å². The van der Waals surface area contributed by atoms with Crippen molar-refractivity contribution in [2.75, 3.05) is 41.4 Å². The van der Waals surface area contributed by atoms with Crippen molar-refractivity contribution < 1.29 is 29.0 Å². The van der Waals surface area contributed by atoms with Gasteiger partial charge in [0, 0.05) is 17.8 Å². The molecule has 9 heteroatoms. The molecule has 0 spiro atoms.